The van der Waals surface area contributed by atoms with Gasteiger partial charge in [-0.2, -0.15) is 15.0 Å². The molecule has 43 heavy (non-hydrogen) atoms. The Kier molecular flexibility index (Phi) is 12.6. The van der Waals surface area contributed by atoms with Gasteiger partial charge in [-0.3, -0.25) is 9.78 Å². The molecule has 13 heteroatoms. The first-order valence-corrected chi connectivity index (χ1v) is 13.9. The fourth-order valence-electron chi connectivity index (χ4n) is 3.81. The van der Waals surface area contributed by atoms with Crippen molar-refractivity contribution in [2.75, 3.05) is 55.5 Å². The summed E-state index contributed by atoms with van der Waals surface area (Å²) >= 11 is 0. The average molecular weight is 590 g/mol. The SMILES string of the molecule is NCCOCCOCCNC(=O)Cc1ccc(Nc2nc(NCc3ccncc3)nc(NCc3ccc(F)cc3)n2)cc1. The van der Waals surface area contributed by atoms with Gasteiger partial charge in [-0.25, -0.2) is 4.39 Å². The maximum Gasteiger partial charge on any atom is 0.233 e. The molecule has 0 fully saturated rings. The summed E-state index contributed by atoms with van der Waals surface area (Å²) in [6.45, 7) is 3.65. The molecule has 4 aromatic rings. The van der Waals surface area contributed by atoms with Gasteiger partial charge in [0.05, 0.1) is 32.8 Å². The monoisotopic (exact) mass is 589 g/mol. The Labute approximate surface area is 249 Å². The van der Waals surface area contributed by atoms with Gasteiger partial charge in [0.25, 0.3) is 0 Å². The number of aromatic nitrogens is 4. The normalized spacial score (nSPS) is 10.7. The van der Waals surface area contributed by atoms with Gasteiger partial charge in [-0.1, -0.05) is 24.3 Å². The van der Waals surface area contributed by atoms with Crippen LogP contribution in [0.5, 0.6) is 0 Å². The molecule has 226 valence electrons. The number of nitrogens with one attached hydrogen (secondary N) is 4. The first-order chi connectivity index (χ1) is 21.1. The van der Waals surface area contributed by atoms with Crippen molar-refractivity contribution in [3.8, 4) is 0 Å². The largest absolute Gasteiger partial charge is 0.378 e. The van der Waals surface area contributed by atoms with Gasteiger partial charge in [0.2, 0.25) is 23.8 Å². The summed E-state index contributed by atoms with van der Waals surface area (Å²) < 4.78 is 23.9. The molecule has 2 heterocycles. The lowest BCUT2D eigenvalue weighted by Gasteiger charge is -2.12. The van der Waals surface area contributed by atoms with Crippen molar-refractivity contribution in [2.45, 2.75) is 19.5 Å². The number of benzene rings is 2. The zero-order chi connectivity index (χ0) is 30.1. The average Bonchev–Trinajstić information content (AvgIpc) is 3.02. The zero-order valence-electron chi connectivity index (χ0n) is 23.8. The van der Waals surface area contributed by atoms with E-state index < -0.39 is 0 Å². The standard InChI is InChI=1S/C30H36FN9O3/c31-25-5-1-23(2-6-25)20-35-28-38-29(36-21-24-9-12-33-13-10-24)40-30(39-28)37-26-7-3-22(4-8-26)19-27(41)34-14-16-43-18-17-42-15-11-32/h1-10,12-13H,11,14-21,32H2,(H,34,41)(H3,35,36,37,38,39,40). The van der Waals surface area contributed by atoms with Crippen LogP contribution < -0.4 is 27.0 Å². The van der Waals surface area contributed by atoms with Crippen LogP contribution in [0.2, 0.25) is 0 Å². The molecule has 0 unspecified atom stereocenters. The van der Waals surface area contributed by atoms with E-state index in [2.05, 4.69) is 41.2 Å². The molecule has 0 atom stereocenters. The Hall–Kier alpha value is -4.72. The number of carbonyl (C=O) groups excluding carboxylic acids is 1. The Morgan fingerprint density at radius 3 is 1.95 bits per heavy atom. The van der Waals surface area contributed by atoms with E-state index in [0.717, 1.165) is 22.4 Å². The smallest absolute Gasteiger partial charge is 0.233 e. The molecule has 2 aromatic heterocycles. The van der Waals surface area contributed by atoms with Crippen LogP contribution in [0.15, 0.2) is 73.1 Å². The van der Waals surface area contributed by atoms with Crippen molar-refractivity contribution in [1.29, 1.82) is 0 Å². The molecular formula is C30H36FN9O3. The van der Waals surface area contributed by atoms with Gasteiger partial charge in [0.15, 0.2) is 0 Å². The number of carbonyl (C=O) groups is 1. The fraction of sp³-hybridized carbons (Fsp3) is 0.300. The summed E-state index contributed by atoms with van der Waals surface area (Å²) in [6, 6.07) is 17.4. The zero-order valence-corrected chi connectivity index (χ0v) is 23.8. The van der Waals surface area contributed by atoms with Crippen molar-refractivity contribution < 1.29 is 18.7 Å². The number of nitrogens with two attached hydrogens (primary N) is 1. The van der Waals surface area contributed by atoms with E-state index in [0.29, 0.717) is 70.5 Å². The molecule has 0 aliphatic heterocycles. The molecule has 0 aliphatic rings. The predicted octanol–water partition coefficient (Wildman–Crippen LogP) is 3.02. The van der Waals surface area contributed by atoms with Crippen molar-refractivity contribution in [1.82, 2.24) is 25.3 Å². The summed E-state index contributed by atoms with van der Waals surface area (Å²) in [5.74, 6) is 0.654. The number of pyridine rings is 1. The Balaban J connectivity index is 1.32. The van der Waals surface area contributed by atoms with E-state index in [1.54, 1.807) is 24.5 Å². The summed E-state index contributed by atoms with van der Waals surface area (Å²) in [7, 11) is 0. The first kappa shape index (κ1) is 31.2. The third kappa shape index (κ3) is 11.6. The van der Waals surface area contributed by atoms with Gasteiger partial charge in [-0.15, -0.1) is 0 Å². The number of halogens is 1. The van der Waals surface area contributed by atoms with Gasteiger partial charge in [-0.05, 0) is 53.1 Å². The Bertz CT molecular complexity index is 1390. The minimum absolute atomic E-state index is 0.0945. The van der Waals surface area contributed by atoms with E-state index in [1.807, 2.05) is 36.4 Å². The molecule has 0 saturated heterocycles. The van der Waals surface area contributed by atoms with Crippen LogP contribution in [-0.4, -0.2) is 65.4 Å². The van der Waals surface area contributed by atoms with Crippen LogP contribution >= 0.6 is 0 Å². The highest BCUT2D eigenvalue weighted by Crippen LogP contribution is 2.18. The topological polar surface area (TPSA) is 161 Å². The second-order valence-corrected chi connectivity index (χ2v) is 9.36. The molecular weight excluding hydrogens is 553 g/mol. The molecule has 2 aromatic carbocycles. The number of nitrogens with zero attached hydrogens (tertiary/aromatic N) is 4. The summed E-state index contributed by atoms with van der Waals surface area (Å²) in [5, 5.41) is 12.4. The van der Waals surface area contributed by atoms with E-state index in [4.69, 9.17) is 15.2 Å². The summed E-state index contributed by atoms with van der Waals surface area (Å²) in [6.07, 6.45) is 3.68. The van der Waals surface area contributed by atoms with E-state index in [-0.39, 0.29) is 18.1 Å². The molecule has 0 saturated carbocycles. The minimum atomic E-state index is -0.296. The summed E-state index contributed by atoms with van der Waals surface area (Å²) in [5.41, 5.74) is 8.85. The minimum Gasteiger partial charge on any atom is -0.378 e. The van der Waals surface area contributed by atoms with Crippen LogP contribution in [-0.2, 0) is 33.8 Å². The van der Waals surface area contributed by atoms with E-state index >= 15 is 0 Å². The molecule has 6 N–H and O–H groups in total. The van der Waals surface area contributed by atoms with Crippen LogP contribution in [0.25, 0.3) is 0 Å². The molecule has 0 spiro atoms. The Morgan fingerprint density at radius 2 is 1.30 bits per heavy atom. The summed E-state index contributed by atoms with van der Waals surface area (Å²) in [4.78, 5) is 29.8. The van der Waals surface area contributed by atoms with Gasteiger partial charge in [0.1, 0.15) is 5.82 Å². The highest BCUT2D eigenvalue weighted by molar-refractivity contribution is 5.78. The van der Waals surface area contributed by atoms with Crippen LogP contribution in [0.4, 0.5) is 27.9 Å². The fourth-order valence-corrected chi connectivity index (χ4v) is 3.81. The number of rotatable bonds is 18. The lowest BCUT2D eigenvalue weighted by Crippen LogP contribution is -2.29. The highest BCUT2D eigenvalue weighted by Gasteiger charge is 2.09. The van der Waals surface area contributed by atoms with Crippen LogP contribution in [0.1, 0.15) is 16.7 Å². The Morgan fingerprint density at radius 1 is 0.721 bits per heavy atom. The molecule has 1 amide bonds. The second kappa shape index (κ2) is 17.3. The quantitative estimate of drug-likeness (QED) is 0.109. The molecule has 0 aliphatic carbocycles. The number of hydrogen-bond acceptors (Lipinski definition) is 11. The molecule has 4 rings (SSSR count). The number of anilines is 4. The van der Waals surface area contributed by atoms with Crippen LogP contribution in [0.3, 0.4) is 0 Å². The van der Waals surface area contributed by atoms with Crippen molar-refractivity contribution >= 4 is 29.4 Å². The number of hydrogen-bond donors (Lipinski definition) is 5. The second-order valence-electron chi connectivity index (χ2n) is 9.36. The molecule has 0 radical (unpaired) electrons. The lowest BCUT2D eigenvalue weighted by atomic mass is 10.1. The van der Waals surface area contributed by atoms with Gasteiger partial charge >= 0.3 is 0 Å². The lowest BCUT2D eigenvalue weighted by molar-refractivity contribution is -0.120. The maximum atomic E-state index is 13.3. The maximum absolute atomic E-state index is 13.3. The highest BCUT2D eigenvalue weighted by atomic mass is 19.1. The first-order valence-electron chi connectivity index (χ1n) is 13.9. The van der Waals surface area contributed by atoms with Crippen molar-refractivity contribution in [2.24, 2.45) is 5.73 Å². The van der Waals surface area contributed by atoms with Crippen molar-refractivity contribution in [3.05, 3.63) is 95.6 Å². The third-order valence-electron chi connectivity index (χ3n) is 5.98. The van der Waals surface area contributed by atoms with Crippen LogP contribution in [0, 0.1) is 5.82 Å². The third-order valence-corrected chi connectivity index (χ3v) is 5.98. The number of amides is 1. The molecule has 0 bridgehead atoms. The number of ether oxygens (including phenoxy) is 2. The van der Waals surface area contributed by atoms with Crippen molar-refractivity contribution in [3.63, 3.8) is 0 Å². The van der Waals surface area contributed by atoms with E-state index in [1.165, 1.54) is 12.1 Å². The van der Waals surface area contributed by atoms with E-state index in [9.17, 15) is 9.18 Å². The predicted molar refractivity (Wildman–Crippen MR) is 162 cm³/mol. The van der Waals surface area contributed by atoms with Gasteiger partial charge < -0.3 is 36.5 Å². The van der Waals surface area contributed by atoms with Gasteiger partial charge in [0, 0.05) is 44.3 Å². The molecule has 12 nitrogen and oxygen atoms in total.